The predicted molar refractivity (Wildman–Crippen MR) is 381 cm³/mol. The van der Waals surface area contributed by atoms with Gasteiger partial charge in [-0.3, -0.25) is 43.4 Å². The second kappa shape index (κ2) is 30.9. The number of carboxylic acids is 2. The number of aromatic carboxylic acids is 1. The third-order valence-corrected chi connectivity index (χ3v) is 22.5. The van der Waals surface area contributed by atoms with Crippen molar-refractivity contribution in [3.63, 3.8) is 0 Å². The lowest BCUT2D eigenvalue weighted by Crippen LogP contribution is -2.64. The number of carbonyl (C=O) groups is 8. The smallest absolute Gasteiger partial charge is 0.409 e. The second-order valence-corrected chi connectivity index (χ2v) is 32.1. The average molecular weight is 1470 g/mol. The number of aliphatic hydroxyl groups excluding tert-OH is 1. The number of hydrogen-bond acceptors (Lipinski definition) is 20. The summed E-state index contributed by atoms with van der Waals surface area (Å²) in [6.45, 7) is 8.65. The van der Waals surface area contributed by atoms with E-state index in [1.54, 1.807) is 43.6 Å². The number of aryl methyl sites for hydroxylation is 1. The first-order chi connectivity index (χ1) is 49.5. The first kappa shape index (κ1) is 74.5. The summed E-state index contributed by atoms with van der Waals surface area (Å²) >= 11 is 1.40. The number of likely N-dealkylation sites (N-methyl/N-ethyl adjacent to an activating group) is 1. The Balaban J connectivity index is 0.654. The number of nitrogens with zero attached hydrogens (tertiary/aromatic N) is 7. The lowest BCUT2D eigenvalue weighted by Gasteiger charge is -2.69. The van der Waals surface area contributed by atoms with Crippen molar-refractivity contribution in [2.75, 3.05) is 55.8 Å². The number of amides is 6. The van der Waals surface area contributed by atoms with E-state index in [0.29, 0.717) is 103 Å². The fourth-order valence-corrected chi connectivity index (χ4v) is 18.8. The Bertz CT molecular complexity index is 4390. The van der Waals surface area contributed by atoms with Crippen molar-refractivity contribution in [3.8, 4) is 16.9 Å². The molecule has 3 aliphatic heterocycles. The van der Waals surface area contributed by atoms with E-state index in [9.17, 15) is 66.6 Å². The summed E-state index contributed by atoms with van der Waals surface area (Å²) in [7, 11) is -3.08. The number of carbonyl (C=O) groups excluding carboxylic acids is 6. The molecule has 6 aromatic rings. The van der Waals surface area contributed by atoms with Crippen LogP contribution in [0, 0.1) is 23.2 Å². The van der Waals surface area contributed by atoms with Gasteiger partial charge in [-0.2, -0.15) is 13.5 Å². The van der Waals surface area contributed by atoms with Crippen LogP contribution in [0.2, 0.25) is 0 Å². The molecule has 13 rings (SSSR count). The second-order valence-electron chi connectivity index (χ2n) is 29.6. The molecule has 3 aromatic heterocycles. The van der Waals surface area contributed by atoms with Crippen molar-refractivity contribution in [2.45, 2.75) is 173 Å². The van der Waals surface area contributed by atoms with Gasteiger partial charge in [0.05, 0.1) is 34.7 Å². The number of para-hydroxylation sites is 1. The molecule has 30 heteroatoms. The van der Waals surface area contributed by atoms with Crippen molar-refractivity contribution < 1.29 is 85.6 Å². The number of pyridine rings is 1. The van der Waals surface area contributed by atoms with Crippen LogP contribution < -0.4 is 25.6 Å². The molecule has 0 radical (unpaired) electrons. The maximum absolute atomic E-state index is 13.9. The van der Waals surface area contributed by atoms with Gasteiger partial charge in [-0.15, -0.1) is 0 Å². The third-order valence-electron chi connectivity index (χ3n) is 20.8. The van der Waals surface area contributed by atoms with Gasteiger partial charge in [-0.1, -0.05) is 61.9 Å². The van der Waals surface area contributed by atoms with Gasteiger partial charge in [0, 0.05) is 100 Å². The van der Waals surface area contributed by atoms with Crippen LogP contribution in [-0.4, -0.2) is 181 Å². The molecule has 6 amide bonds. The van der Waals surface area contributed by atoms with E-state index in [1.165, 1.54) is 28.4 Å². The highest BCUT2D eigenvalue weighted by molar-refractivity contribution is 7.85. The largest absolute Gasteiger partial charge is 0.479 e. The standard InChI is InChI=1S/C74H88N10O18S2/c1-45-53(51-21-22-59(79-64(51)68(93)94)82-28-25-46-14-12-15-52(54(46)35-82)65(89)80-69-78-55-16-7-8-17-58(55)103-69)34-76-84(45)44-73-39-71(2)38-72(3,40-73)42-74(41-71,43-73)100-30-29-81(4)70(95)99-36-48-19-20-50(101-63-33-49(85)32-57(102-63)67(91)92)31-47(48)13-9-10-26-75-66(90)56(37-104(96,97)98)77-60(86)18-6-5-11-27-83-61(87)23-24-62(83)88/h7-8,12,14-17,19-24,31,34,49,56-57,63,85H,5-6,9-11,13,18,25-30,32-33,35-44H2,1-4H3,(H,75,90)(H,77,86)(H,91,92)(H,93,94)(H,78,80,89)(H,96,97,98)/t49-,56-,57-,63+,71?,72?,73?,74?/m0/s1. The van der Waals surface area contributed by atoms with E-state index in [1.807, 2.05) is 59.0 Å². The maximum Gasteiger partial charge on any atom is 0.409 e. The number of thiazole rings is 1. The lowest BCUT2D eigenvalue weighted by atomic mass is 9.39. The molecule has 554 valence electrons. The highest BCUT2D eigenvalue weighted by Gasteiger charge is 2.66. The number of unbranched alkanes of at least 4 members (excludes halogenated alkanes) is 3. The van der Waals surface area contributed by atoms with E-state index in [4.69, 9.17) is 29.0 Å². The maximum atomic E-state index is 13.9. The van der Waals surface area contributed by atoms with Crippen LogP contribution in [0.4, 0.5) is 15.7 Å². The van der Waals surface area contributed by atoms with Gasteiger partial charge in [0.1, 0.15) is 30.0 Å². The summed E-state index contributed by atoms with van der Waals surface area (Å²) in [4.78, 5) is 116. The molecular formula is C74H88N10O18S2. The summed E-state index contributed by atoms with van der Waals surface area (Å²) in [5, 5.41) is 44.3. The summed E-state index contributed by atoms with van der Waals surface area (Å²) in [5.41, 5.74) is 5.53. The Morgan fingerprint density at radius 1 is 0.856 bits per heavy atom. The molecule has 4 saturated carbocycles. The van der Waals surface area contributed by atoms with E-state index in [0.717, 1.165) is 70.5 Å². The van der Waals surface area contributed by atoms with Crippen molar-refractivity contribution in [1.29, 1.82) is 0 Å². The average Bonchev–Trinajstić information content (AvgIpc) is 0.726. The van der Waals surface area contributed by atoms with E-state index >= 15 is 0 Å². The number of benzene rings is 3. The van der Waals surface area contributed by atoms with Crippen molar-refractivity contribution >= 4 is 90.2 Å². The van der Waals surface area contributed by atoms with Crippen LogP contribution in [0.1, 0.15) is 153 Å². The molecule has 7 aliphatic rings. The monoisotopic (exact) mass is 1470 g/mol. The molecule has 6 atom stereocenters. The normalized spacial score (nSPS) is 23.6. The quantitative estimate of drug-likeness (QED) is 0.0122. The fourth-order valence-electron chi connectivity index (χ4n) is 17.3. The summed E-state index contributed by atoms with van der Waals surface area (Å²) in [6, 6.07) is 20.4. The SMILES string of the molecule is Cc1c(-c2ccc(N3CCc4cccc(C(=O)Nc5nc6ccccc6s5)c4C3)nc2C(=O)O)cnn1CC12CC3(C)CC(C)(C1)CC(OCCN(C)C(=O)OCc1ccc(O[C@H]4C[C@@H](O)C[C@@H](C(=O)O)O4)cc1CCCCNC(=O)[C@H](CS(=O)(=O)O)NC(=O)CCCCCN1C(=O)C=CC1=O)(C3)C2. The Hall–Kier alpha value is -9.20. The Kier molecular flexibility index (Phi) is 22.1. The predicted octanol–water partition coefficient (Wildman–Crippen LogP) is 8.41. The first-order valence-corrected chi connectivity index (χ1v) is 37.7. The molecule has 5 fully saturated rings. The lowest BCUT2D eigenvalue weighted by molar-refractivity contribution is -0.248. The Morgan fingerprint density at radius 3 is 2.37 bits per heavy atom. The molecule has 3 aromatic carbocycles. The third kappa shape index (κ3) is 17.6. The number of ether oxygens (including phenoxy) is 4. The molecule has 28 nitrogen and oxygen atoms in total. The highest BCUT2D eigenvalue weighted by Crippen LogP contribution is 2.72. The summed E-state index contributed by atoms with van der Waals surface area (Å²) in [6.07, 6.45) is 8.25. The zero-order valence-electron chi connectivity index (χ0n) is 58.6. The first-order valence-electron chi connectivity index (χ1n) is 35.2. The molecule has 7 N–H and O–H groups in total. The number of aliphatic carboxylic acids is 1. The Labute approximate surface area is 605 Å². The zero-order valence-corrected chi connectivity index (χ0v) is 60.2. The molecular weight excluding hydrogens is 1380 g/mol. The molecule has 104 heavy (non-hydrogen) atoms. The number of aliphatic hydroxyl groups is 1. The topological polar surface area (TPSA) is 378 Å². The summed E-state index contributed by atoms with van der Waals surface area (Å²) in [5.74, 6) is -5.32. The number of hydrogen-bond donors (Lipinski definition) is 7. The molecule has 2 unspecified atom stereocenters. The zero-order chi connectivity index (χ0) is 73.9. The van der Waals surface area contributed by atoms with Gasteiger partial charge in [0.2, 0.25) is 18.1 Å². The molecule has 4 aliphatic carbocycles. The number of rotatable bonds is 31. The minimum atomic E-state index is -4.72. The molecule has 6 heterocycles. The number of anilines is 2. The van der Waals surface area contributed by atoms with Gasteiger partial charge in [0.25, 0.3) is 27.8 Å². The van der Waals surface area contributed by atoms with Gasteiger partial charge in [-0.05, 0) is 165 Å². The number of carboxylic acid groups (broad SMARTS) is 2. The highest BCUT2D eigenvalue weighted by atomic mass is 32.2. The minimum Gasteiger partial charge on any atom is -0.479 e. The van der Waals surface area contributed by atoms with Gasteiger partial charge in [0.15, 0.2) is 16.9 Å². The van der Waals surface area contributed by atoms with E-state index < -0.39 is 87.7 Å². The number of nitrogens with one attached hydrogen (secondary N) is 3. The molecule has 1 saturated heterocycles. The van der Waals surface area contributed by atoms with Crippen LogP contribution in [-0.2, 0) is 80.8 Å². The minimum absolute atomic E-state index is 0.00927. The fraction of sp³-hybridized carbons (Fsp3) is 0.500. The molecule has 4 bridgehead atoms. The Morgan fingerprint density at radius 2 is 1.62 bits per heavy atom. The number of aromatic nitrogens is 4. The summed E-state index contributed by atoms with van der Waals surface area (Å²) < 4.78 is 61.1. The van der Waals surface area contributed by atoms with Crippen molar-refractivity contribution in [2.24, 2.45) is 16.2 Å². The van der Waals surface area contributed by atoms with Crippen LogP contribution in [0.25, 0.3) is 21.3 Å². The van der Waals surface area contributed by atoms with Crippen LogP contribution in [0.15, 0.2) is 91.1 Å². The molecule has 0 spiro atoms. The van der Waals surface area contributed by atoms with Crippen LogP contribution in [0.3, 0.4) is 0 Å². The van der Waals surface area contributed by atoms with Crippen LogP contribution >= 0.6 is 11.3 Å². The number of imide groups is 1. The number of fused-ring (bicyclic) bond motifs is 2. The van der Waals surface area contributed by atoms with Crippen LogP contribution in [0.5, 0.6) is 5.75 Å². The van der Waals surface area contributed by atoms with Gasteiger partial charge < -0.3 is 54.7 Å². The van der Waals surface area contributed by atoms with Gasteiger partial charge in [-0.25, -0.2) is 24.4 Å². The van der Waals surface area contributed by atoms with E-state index in [-0.39, 0.29) is 85.7 Å². The van der Waals surface area contributed by atoms with Gasteiger partial charge >= 0.3 is 18.0 Å². The van der Waals surface area contributed by atoms with Crippen molar-refractivity contribution in [3.05, 3.63) is 130 Å². The van der Waals surface area contributed by atoms with E-state index in [2.05, 4.69) is 34.8 Å². The van der Waals surface area contributed by atoms with Crippen molar-refractivity contribution in [1.82, 2.24) is 40.2 Å².